The fourth-order valence-electron chi connectivity index (χ4n) is 2.90. The van der Waals surface area contributed by atoms with Crippen LogP contribution in [0.25, 0.3) is 0 Å². The Hall–Kier alpha value is -1.35. The summed E-state index contributed by atoms with van der Waals surface area (Å²) in [5.74, 6) is -1.13. The van der Waals surface area contributed by atoms with Crippen molar-refractivity contribution in [3.05, 3.63) is 35.9 Å². The molecule has 1 fully saturated rings. The quantitative estimate of drug-likeness (QED) is 0.645. The van der Waals surface area contributed by atoms with Gasteiger partial charge in [-0.3, -0.25) is 4.79 Å². The number of aliphatic hydroxyl groups excluding tert-OH is 1. The minimum absolute atomic E-state index is 0. The number of nitrogens with one attached hydrogen (secondary N) is 2. The molecule has 1 heterocycles. The first-order valence-electron chi connectivity index (χ1n) is 8.62. The van der Waals surface area contributed by atoms with Gasteiger partial charge in [0.25, 0.3) is 0 Å². The Morgan fingerprint density at radius 3 is 2.52 bits per heavy atom. The first-order valence-corrected chi connectivity index (χ1v) is 8.62. The van der Waals surface area contributed by atoms with E-state index in [0.29, 0.717) is 19.6 Å². The van der Waals surface area contributed by atoms with Crippen LogP contribution in [0.4, 0.5) is 13.2 Å². The van der Waals surface area contributed by atoms with Crippen molar-refractivity contribution in [2.75, 3.05) is 6.54 Å². The summed E-state index contributed by atoms with van der Waals surface area (Å²) in [6, 6.07) is 7.53. The van der Waals surface area contributed by atoms with E-state index in [1.165, 1.54) is 13.8 Å². The maximum atomic E-state index is 12.8. The number of hydrogen-bond acceptors (Lipinski definition) is 4. The SMILES string of the molecule is CC(C)[C@H](NC(=O)[C@@H]1C[C@@H](OCc2ccccc2)CN1)[C@H](O)C(F)(F)F.Cl. The van der Waals surface area contributed by atoms with Crippen molar-refractivity contribution in [3.63, 3.8) is 0 Å². The Morgan fingerprint density at radius 2 is 1.96 bits per heavy atom. The van der Waals surface area contributed by atoms with Crippen molar-refractivity contribution in [3.8, 4) is 0 Å². The zero-order valence-electron chi connectivity index (χ0n) is 15.2. The summed E-state index contributed by atoms with van der Waals surface area (Å²) in [7, 11) is 0. The van der Waals surface area contributed by atoms with E-state index in [9.17, 15) is 23.1 Å². The number of rotatable bonds is 7. The Morgan fingerprint density at radius 1 is 1.33 bits per heavy atom. The van der Waals surface area contributed by atoms with Gasteiger partial charge in [0.1, 0.15) is 0 Å². The van der Waals surface area contributed by atoms with E-state index in [0.717, 1.165) is 5.56 Å². The Labute approximate surface area is 163 Å². The molecule has 154 valence electrons. The molecule has 5 nitrogen and oxygen atoms in total. The van der Waals surface area contributed by atoms with Crippen LogP contribution in [0, 0.1) is 5.92 Å². The number of carbonyl (C=O) groups is 1. The van der Waals surface area contributed by atoms with Crippen LogP contribution in [0.1, 0.15) is 25.8 Å². The molecule has 0 aromatic heterocycles. The third kappa shape index (κ3) is 6.95. The van der Waals surface area contributed by atoms with E-state index < -0.39 is 36.2 Å². The Kier molecular flexibility index (Phi) is 9.01. The zero-order valence-corrected chi connectivity index (χ0v) is 16.0. The summed E-state index contributed by atoms with van der Waals surface area (Å²) in [5.41, 5.74) is 1.01. The maximum absolute atomic E-state index is 12.8. The molecule has 3 N–H and O–H groups in total. The number of benzene rings is 1. The fraction of sp³-hybridized carbons (Fsp3) is 0.611. The molecular weight excluding hydrogens is 385 g/mol. The van der Waals surface area contributed by atoms with Gasteiger partial charge in [0.15, 0.2) is 6.10 Å². The van der Waals surface area contributed by atoms with Gasteiger partial charge in [-0.15, -0.1) is 12.4 Å². The summed E-state index contributed by atoms with van der Waals surface area (Å²) < 4.78 is 44.1. The lowest BCUT2D eigenvalue weighted by Crippen LogP contribution is -2.55. The van der Waals surface area contributed by atoms with Crippen molar-refractivity contribution < 1.29 is 27.8 Å². The van der Waals surface area contributed by atoms with Crippen LogP contribution in [0.3, 0.4) is 0 Å². The van der Waals surface area contributed by atoms with E-state index in [1.54, 1.807) is 0 Å². The molecule has 1 aromatic carbocycles. The monoisotopic (exact) mass is 410 g/mol. The van der Waals surface area contributed by atoms with Gasteiger partial charge >= 0.3 is 6.18 Å². The summed E-state index contributed by atoms with van der Waals surface area (Å²) in [4.78, 5) is 12.3. The molecule has 0 aliphatic carbocycles. The standard InChI is InChI=1S/C18H25F3N2O3.ClH/c1-11(2)15(16(24)18(19,20)21)23-17(25)14-8-13(9-22-14)26-10-12-6-4-3-5-7-12;/h3-7,11,13-16,22,24H,8-10H2,1-2H3,(H,23,25);1H/t13-,14+,15+,16+;/m1./s1. The minimum Gasteiger partial charge on any atom is -0.382 e. The lowest BCUT2D eigenvalue weighted by atomic mass is 9.97. The van der Waals surface area contributed by atoms with Crippen molar-refractivity contribution in [2.45, 2.75) is 57.3 Å². The molecule has 1 aromatic rings. The van der Waals surface area contributed by atoms with E-state index in [1.807, 2.05) is 30.3 Å². The van der Waals surface area contributed by atoms with Crippen molar-refractivity contribution in [1.82, 2.24) is 10.6 Å². The lowest BCUT2D eigenvalue weighted by molar-refractivity contribution is -0.215. The summed E-state index contributed by atoms with van der Waals surface area (Å²) in [6.45, 7) is 3.89. The molecule has 1 saturated heterocycles. The molecule has 0 bridgehead atoms. The number of alkyl halides is 3. The van der Waals surface area contributed by atoms with Crippen molar-refractivity contribution in [1.29, 1.82) is 0 Å². The van der Waals surface area contributed by atoms with Crippen LogP contribution in [0.2, 0.25) is 0 Å². The largest absolute Gasteiger partial charge is 0.416 e. The van der Waals surface area contributed by atoms with Gasteiger partial charge in [0, 0.05) is 6.54 Å². The Balaban J connectivity index is 0.00000364. The third-order valence-electron chi connectivity index (χ3n) is 4.44. The van der Waals surface area contributed by atoms with Crippen molar-refractivity contribution in [2.24, 2.45) is 5.92 Å². The van der Waals surface area contributed by atoms with Gasteiger partial charge in [0.05, 0.1) is 24.8 Å². The van der Waals surface area contributed by atoms with Gasteiger partial charge in [-0.05, 0) is 17.9 Å². The second-order valence-electron chi connectivity index (χ2n) is 6.88. The first-order chi connectivity index (χ1) is 12.2. The predicted molar refractivity (Wildman–Crippen MR) is 97.5 cm³/mol. The smallest absolute Gasteiger partial charge is 0.382 e. The number of ether oxygens (including phenoxy) is 1. The predicted octanol–water partition coefficient (Wildman–Crippen LogP) is 2.42. The van der Waals surface area contributed by atoms with E-state index in [2.05, 4.69) is 10.6 Å². The van der Waals surface area contributed by atoms with Gasteiger partial charge in [-0.25, -0.2) is 0 Å². The molecular formula is C18H26ClF3N2O3. The van der Waals surface area contributed by atoms with Gasteiger partial charge in [-0.1, -0.05) is 44.2 Å². The maximum Gasteiger partial charge on any atom is 0.416 e. The van der Waals surface area contributed by atoms with Gasteiger partial charge < -0.3 is 20.5 Å². The highest BCUT2D eigenvalue weighted by atomic mass is 35.5. The highest BCUT2D eigenvalue weighted by Crippen LogP contribution is 2.25. The van der Waals surface area contributed by atoms with Crippen LogP contribution in [0.15, 0.2) is 30.3 Å². The highest BCUT2D eigenvalue weighted by molar-refractivity contribution is 5.85. The molecule has 0 radical (unpaired) electrons. The molecule has 0 saturated carbocycles. The molecule has 1 aliphatic heterocycles. The lowest BCUT2D eigenvalue weighted by Gasteiger charge is -2.29. The van der Waals surface area contributed by atoms with Crippen LogP contribution in [-0.2, 0) is 16.1 Å². The van der Waals surface area contributed by atoms with Crippen molar-refractivity contribution >= 4 is 18.3 Å². The number of aliphatic hydroxyl groups is 1. The molecule has 0 spiro atoms. The topological polar surface area (TPSA) is 70.6 Å². The van der Waals surface area contributed by atoms with Gasteiger partial charge in [-0.2, -0.15) is 13.2 Å². The third-order valence-corrected chi connectivity index (χ3v) is 4.44. The minimum atomic E-state index is -4.79. The number of carbonyl (C=O) groups excluding carboxylic acids is 1. The van der Waals surface area contributed by atoms with Crippen LogP contribution >= 0.6 is 12.4 Å². The molecule has 2 rings (SSSR count). The summed E-state index contributed by atoms with van der Waals surface area (Å²) in [6.07, 6.45) is -7.22. The Bertz CT molecular complexity index is 587. The average Bonchev–Trinajstić information content (AvgIpc) is 3.06. The molecule has 4 atom stereocenters. The normalized spacial score (nSPS) is 22.2. The average molecular weight is 411 g/mol. The molecule has 1 amide bonds. The van der Waals surface area contributed by atoms with Crippen LogP contribution in [-0.4, -0.2) is 48.0 Å². The summed E-state index contributed by atoms with van der Waals surface area (Å²) in [5, 5.41) is 14.8. The molecule has 0 unspecified atom stereocenters. The van der Waals surface area contributed by atoms with Crippen LogP contribution in [0.5, 0.6) is 0 Å². The van der Waals surface area contributed by atoms with E-state index in [-0.39, 0.29) is 18.5 Å². The number of halogens is 4. The van der Waals surface area contributed by atoms with Gasteiger partial charge in [0.2, 0.25) is 5.91 Å². The number of hydrogen-bond donors (Lipinski definition) is 3. The fourth-order valence-corrected chi connectivity index (χ4v) is 2.90. The summed E-state index contributed by atoms with van der Waals surface area (Å²) >= 11 is 0. The zero-order chi connectivity index (χ0) is 19.3. The van der Waals surface area contributed by atoms with E-state index in [4.69, 9.17) is 4.74 Å². The molecule has 1 aliphatic rings. The second kappa shape index (κ2) is 10.3. The first kappa shape index (κ1) is 23.7. The molecule has 9 heteroatoms. The number of amides is 1. The second-order valence-corrected chi connectivity index (χ2v) is 6.88. The van der Waals surface area contributed by atoms with Crippen LogP contribution < -0.4 is 10.6 Å². The van der Waals surface area contributed by atoms with E-state index >= 15 is 0 Å². The molecule has 27 heavy (non-hydrogen) atoms. The highest BCUT2D eigenvalue weighted by Gasteiger charge is 2.46.